The maximum Gasteiger partial charge on any atom is 0.302 e. The molecule has 0 bridgehead atoms. The highest BCUT2D eigenvalue weighted by molar-refractivity contribution is 9.10. The summed E-state index contributed by atoms with van der Waals surface area (Å²) >= 11 is 3.36. The number of halogens is 1. The summed E-state index contributed by atoms with van der Waals surface area (Å²) in [5, 5.41) is 19.2. The van der Waals surface area contributed by atoms with Crippen LogP contribution in [0.3, 0.4) is 0 Å². The van der Waals surface area contributed by atoms with Crippen LogP contribution in [0.15, 0.2) is 57.2 Å². The van der Waals surface area contributed by atoms with Gasteiger partial charge in [-0.25, -0.2) is 0 Å². The molecule has 3 rings (SSSR count). The van der Waals surface area contributed by atoms with Crippen molar-refractivity contribution in [1.29, 1.82) is 0 Å². The zero-order valence-corrected chi connectivity index (χ0v) is 18.7. The van der Waals surface area contributed by atoms with Crippen molar-refractivity contribution in [3.8, 4) is 17.4 Å². The highest BCUT2D eigenvalue weighted by atomic mass is 79.9. The van der Waals surface area contributed by atoms with Crippen molar-refractivity contribution in [3.63, 3.8) is 0 Å². The number of rotatable bonds is 8. The van der Waals surface area contributed by atoms with Gasteiger partial charge in [0.15, 0.2) is 12.3 Å². The molecule has 0 aliphatic heterocycles. The quantitative estimate of drug-likeness (QED) is 0.415. The lowest BCUT2D eigenvalue weighted by molar-refractivity contribution is -0.120. The van der Waals surface area contributed by atoms with E-state index in [1.807, 2.05) is 30.3 Å². The number of carbonyl (C=O) groups is 1. The fourth-order valence-electron chi connectivity index (χ4n) is 2.98. The van der Waals surface area contributed by atoms with Crippen LogP contribution in [0.25, 0.3) is 10.9 Å². The van der Waals surface area contributed by atoms with Crippen LogP contribution in [-0.2, 0) is 11.3 Å². The van der Waals surface area contributed by atoms with Crippen LogP contribution in [0.5, 0.6) is 17.4 Å². The normalized spacial score (nSPS) is 11.5. The van der Waals surface area contributed by atoms with Crippen molar-refractivity contribution in [1.82, 2.24) is 4.57 Å². The van der Waals surface area contributed by atoms with Gasteiger partial charge < -0.3 is 19.1 Å². The Kier molecular flexibility index (Phi) is 7.10. The number of carbonyl (C=O) groups excluding carboxylic acids is 1. The van der Waals surface area contributed by atoms with Gasteiger partial charge in [-0.2, -0.15) is 0 Å². The highest BCUT2D eigenvalue weighted by Gasteiger charge is 2.18. The fraction of sp³-hybridized carbons (Fsp3) is 0.318. The predicted octanol–water partition coefficient (Wildman–Crippen LogP) is 5.85. The molecule has 1 aromatic heterocycles. The Morgan fingerprint density at radius 1 is 1.23 bits per heavy atom. The Morgan fingerprint density at radius 2 is 2.00 bits per heavy atom. The number of amides is 1. The largest absolute Gasteiger partial charge is 0.497 e. The van der Waals surface area contributed by atoms with Crippen LogP contribution in [-0.4, -0.2) is 29.3 Å². The number of aromatic hydroxyl groups is 1. The Hall–Kier alpha value is -2.87. The number of ether oxygens (including phenoxy) is 2. The van der Waals surface area contributed by atoms with E-state index >= 15 is 0 Å². The van der Waals surface area contributed by atoms with Gasteiger partial charge in [0, 0.05) is 11.9 Å². The Morgan fingerprint density at radius 3 is 2.70 bits per heavy atom. The second kappa shape index (κ2) is 9.75. The molecule has 0 atom stereocenters. The molecule has 158 valence electrons. The fourth-order valence-corrected chi connectivity index (χ4v) is 3.38. The van der Waals surface area contributed by atoms with Crippen molar-refractivity contribution in [2.75, 3.05) is 13.7 Å². The van der Waals surface area contributed by atoms with Gasteiger partial charge >= 0.3 is 5.91 Å². The van der Waals surface area contributed by atoms with Crippen molar-refractivity contribution < 1.29 is 19.4 Å². The first-order chi connectivity index (χ1) is 14.4. The topological polar surface area (TPSA) is 85.4 Å². The van der Waals surface area contributed by atoms with Gasteiger partial charge in [-0.3, -0.25) is 4.79 Å². The summed E-state index contributed by atoms with van der Waals surface area (Å²) in [4.78, 5) is 12.2. The molecule has 3 aromatic rings. The van der Waals surface area contributed by atoms with E-state index in [0.717, 1.165) is 16.4 Å². The number of azo groups is 1. The zero-order valence-electron chi connectivity index (χ0n) is 17.1. The number of fused-ring (bicyclic) bond motifs is 1. The number of benzene rings is 2. The Bertz CT molecular complexity index is 1080. The molecule has 1 amide bonds. The first-order valence-electron chi connectivity index (χ1n) is 9.61. The van der Waals surface area contributed by atoms with Crippen molar-refractivity contribution >= 4 is 38.4 Å². The van der Waals surface area contributed by atoms with Gasteiger partial charge in [0.2, 0.25) is 5.88 Å². The van der Waals surface area contributed by atoms with E-state index in [9.17, 15) is 9.90 Å². The van der Waals surface area contributed by atoms with Gasteiger partial charge in [0.25, 0.3) is 0 Å². The molecular weight excluding hydrogens is 450 g/mol. The molecule has 1 heterocycles. The third-order valence-corrected chi connectivity index (χ3v) is 5.25. The van der Waals surface area contributed by atoms with E-state index in [2.05, 4.69) is 40.0 Å². The van der Waals surface area contributed by atoms with Gasteiger partial charge in [0.05, 0.1) is 17.1 Å². The number of methoxy groups -OCH3 is 1. The molecule has 0 aliphatic carbocycles. The highest BCUT2D eigenvalue weighted by Crippen LogP contribution is 2.40. The maximum absolute atomic E-state index is 12.2. The molecule has 30 heavy (non-hydrogen) atoms. The first-order valence-corrected chi connectivity index (χ1v) is 10.4. The number of aromatic nitrogens is 1. The lowest BCUT2D eigenvalue weighted by atomic mass is 10.1. The van der Waals surface area contributed by atoms with Crippen LogP contribution in [0.1, 0.15) is 20.3 Å². The molecule has 0 radical (unpaired) electrons. The third-order valence-electron chi connectivity index (χ3n) is 4.60. The molecule has 0 saturated carbocycles. The van der Waals surface area contributed by atoms with Crippen LogP contribution in [0, 0.1) is 5.92 Å². The number of para-hydroxylation sites is 1. The van der Waals surface area contributed by atoms with Gasteiger partial charge in [-0.15, -0.1) is 10.2 Å². The summed E-state index contributed by atoms with van der Waals surface area (Å²) in [7, 11) is 1.57. The monoisotopic (exact) mass is 473 g/mol. The number of hydrogen-bond donors (Lipinski definition) is 1. The minimum atomic E-state index is -0.559. The van der Waals surface area contributed by atoms with Crippen molar-refractivity contribution in [2.24, 2.45) is 16.1 Å². The lowest BCUT2D eigenvalue weighted by Crippen LogP contribution is -2.08. The molecular formula is C22H24BrN3O4. The van der Waals surface area contributed by atoms with Crippen LogP contribution in [0.4, 0.5) is 5.69 Å². The molecule has 0 spiro atoms. The summed E-state index contributed by atoms with van der Waals surface area (Å²) in [5.74, 6) is 1.06. The van der Waals surface area contributed by atoms with Crippen LogP contribution >= 0.6 is 15.9 Å². The van der Waals surface area contributed by atoms with Crippen LogP contribution < -0.4 is 9.47 Å². The summed E-state index contributed by atoms with van der Waals surface area (Å²) in [6, 6.07) is 12.7. The zero-order chi connectivity index (χ0) is 21.7. The summed E-state index contributed by atoms with van der Waals surface area (Å²) in [6.07, 6.45) is 0.888. The summed E-state index contributed by atoms with van der Waals surface area (Å²) in [5.41, 5.74) is 1.04. The average Bonchev–Trinajstić information content (AvgIpc) is 2.99. The molecule has 2 aromatic carbocycles. The minimum absolute atomic E-state index is 0.0258. The van der Waals surface area contributed by atoms with Gasteiger partial charge in [-0.1, -0.05) is 26.0 Å². The summed E-state index contributed by atoms with van der Waals surface area (Å²) < 4.78 is 13.3. The molecule has 8 heteroatoms. The molecule has 0 fully saturated rings. The smallest absolute Gasteiger partial charge is 0.302 e. The standard InChI is InChI=1S/C22H24BrN3O4/c1-14(2)10-11-26-18-9-8-15(29-3)12-16(18)21(22(26)28)25-24-20(27)13-30-19-7-5-4-6-17(19)23/h4-9,12,14,28H,10-11,13H2,1-3H3. The molecule has 0 aliphatic rings. The Labute approximate surface area is 183 Å². The lowest BCUT2D eigenvalue weighted by Gasteiger charge is -2.09. The van der Waals surface area contributed by atoms with E-state index in [1.54, 1.807) is 23.8 Å². The van der Waals surface area contributed by atoms with Crippen molar-refractivity contribution in [3.05, 3.63) is 46.9 Å². The van der Waals surface area contributed by atoms with E-state index in [-0.39, 0.29) is 18.2 Å². The average molecular weight is 474 g/mol. The molecule has 0 saturated heterocycles. The SMILES string of the molecule is COc1ccc2c(c1)c(N=NC(=O)COc1ccccc1Br)c(O)n2CCC(C)C. The third kappa shape index (κ3) is 4.99. The van der Waals surface area contributed by atoms with E-state index in [4.69, 9.17) is 9.47 Å². The summed E-state index contributed by atoms with van der Waals surface area (Å²) in [6.45, 7) is 4.61. The second-order valence-corrected chi connectivity index (χ2v) is 8.06. The second-order valence-electron chi connectivity index (χ2n) is 7.20. The number of nitrogens with zero attached hydrogens (tertiary/aromatic N) is 3. The van der Waals surface area contributed by atoms with E-state index in [0.29, 0.717) is 29.3 Å². The van der Waals surface area contributed by atoms with Gasteiger partial charge in [0.1, 0.15) is 11.5 Å². The first kappa shape index (κ1) is 21.8. The van der Waals surface area contributed by atoms with Crippen LogP contribution in [0.2, 0.25) is 0 Å². The predicted molar refractivity (Wildman–Crippen MR) is 119 cm³/mol. The van der Waals surface area contributed by atoms with E-state index < -0.39 is 5.91 Å². The minimum Gasteiger partial charge on any atom is -0.497 e. The Balaban J connectivity index is 1.85. The number of aryl methyl sites for hydroxylation is 1. The maximum atomic E-state index is 12.2. The number of hydrogen-bond acceptors (Lipinski definition) is 5. The molecule has 0 unspecified atom stereocenters. The molecule has 7 nitrogen and oxygen atoms in total. The molecule has 1 N–H and O–H groups in total. The van der Waals surface area contributed by atoms with Gasteiger partial charge in [-0.05, 0) is 58.6 Å². The van der Waals surface area contributed by atoms with Crippen molar-refractivity contribution in [2.45, 2.75) is 26.8 Å². The van der Waals surface area contributed by atoms with E-state index in [1.165, 1.54) is 0 Å².